The molecule has 1 aliphatic rings. The van der Waals surface area contributed by atoms with E-state index in [2.05, 4.69) is 15.0 Å². The molecular formula is C19H17F3N4O6S. The summed E-state index contributed by atoms with van der Waals surface area (Å²) in [5, 5.41) is 13.1. The SMILES string of the molecule is O=C(COc1ccc([N+](=O)[O-])cc1C(F)(F)F)Nc1cccc(S(=O)(=O)NC2=NCCC2)c1. The molecule has 3 rings (SSSR count). The third kappa shape index (κ3) is 6.19. The van der Waals surface area contributed by atoms with Gasteiger partial charge in [0.05, 0.1) is 9.82 Å². The van der Waals surface area contributed by atoms with Crippen molar-refractivity contribution in [2.24, 2.45) is 4.99 Å². The molecule has 0 aliphatic carbocycles. The lowest BCUT2D eigenvalue weighted by Crippen LogP contribution is -2.29. The number of nitrogens with zero attached hydrogens (tertiary/aromatic N) is 2. The summed E-state index contributed by atoms with van der Waals surface area (Å²) in [4.78, 5) is 25.8. The molecule has 10 nitrogen and oxygen atoms in total. The molecule has 0 unspecified atom stereocenters. The monoisotopic (exact) mass is 486 g/mol. The second kappa shape index (κ2) is 9.44. The molecule has 176 valence electrons. The number of benzene rings is 2. The number of hydrogen-bond donors (Lipinski definition) is 2. The molecule has 0 spiro atoms. The predicted molar refractivity (Wildman–Crippen MR) is 111 cm³/mol. The van der Waals surface area contributed by atoms with E-state index in [1.165, 1.54) is 24.3 Å². The quantitative estimate of drug-likeness (QED) is 0.455. The molecule has 2 aromatic rings. The number of nitrogens with one attached hydrogen (secondary N) is 2. The van der Waals surface area contributed by atoms with Gasteiger partial charge in [-0.05, 0) is 30.7 Å². The Labute approximate surface area is 185 Å². The molecule has 0 atom stereocenters. The molecule has 0 saturated carbocycles. The number of anilines is 1. The van der Waals surface area contributed by atoms with Crippen LogP contribution >= 0.6 is 0 Å². The lowest BCUT2D eigenvalue weighted by atomic mass is 10.1. The van der Waals surface area contributed by atoms with E-state index in [-0.39, 0.29) is 10.6 Å². The Balaban J connectivity index is 1.68. The highest BCUT2D eigenvalue weighted by atomic mass is 32.2. The van der Waals surface area contributed by atoms with Crippen LogP contribution < -0.4 is 14.8 Å². The number of alkyl halides is 3. The molecule has 33 heavy (non-hydrogen) atoms. The fourth-order valence-corrected chi connectivity index (χ4v) is 4.03. The number of carbonyl (C=O) groups is 1. The van der Waals surface area contributed by atoms with Gasteiger partial charge in [-0.3, -0.25) is 24.6 Å². The second-order valence-corrected chi connectivity index (χ2v) is 8.52. The zero-order valence-electron chi connectivity index (χ0n) is 16.8. The molecule has 2 aromatic carbocycles. The molecular weight excluding hydrogens is 469 g/mol. The molecule has 0 bridgehead atoms. The first-order chi connectivity index (χ1) is 15.5. The third-order valence-corrected chi connectivity index (χ3v) is 5.77. The number of amides is 1. The van der Waals surface area contributed by atoms with Crippen LogP contribution in [0.4, 0.5) is 24.5 Å². The van der Waals surface area contributed by atoms with Crippen LogP contribution in [0.15, 0.2) is 52.4 Å². The van der Waals surface area contributed by atoms with E-state index in [0.717, 1.165) is 18.6 Å². The van der Waals surface area contributed by atoms with E-state index in [4.69, 9.17) is 4.74 Å². The van der Waals surface area contributed by atoms with Gasteiger partial charge in [-0.2, -0.15) is 13.2 Å². The second-order valence-electron chi connectivity index (χ2n) is 6.84. The summed E-state index contributed by atoms with van der Waals surface area (Å²) in [6.07, 6.45) is -3.72. The summed E-state index contributed by atoms with van der Waals surface area (Å²) in [7, 11) is -3.93. The van der Waals surface area contributed by atoms with E-state index in [0.29, 0.717) is 24.9 Å². The summed E-state index contributed by atoms with van der Waals surface area (Å²) < 4.78 is 71.8. The maximum Gasteiger partial charge on any atom is 0.420 e. The van der Waals surface area contributed by atoms with Crippen molar-refractivity contribution in [2.45, 2.75) is 23.9 Å². The number of amidine groups is 1. The summed E-state index contributed by atoms with van der Waals surface area (Å²) in [6, 6.07) is 7.11. The van der Waals surface area contributed by atoms with Crippen LogP contribution in [-0.2, 0) is 21.0 Å². The van der Waals surface area contributed by atoms with Gasteiger partial charge in [0.25, 0.3) is 21.6 Å². The number of halogens is 3. The topological polar surface area (TPSA) is 140 Å². The molecule has 2 N–H and O–H groups in total. The van der Waals surface area contributed by atoms with Crippen molar-refractivity contribution in [3.63, 3.8) is 0 Å². The van der Waals surface area contributed by atoms with Crippen molar-refractivity contribution < 1.29 is 36.0 Å². The zero-order valence-corrected chi connectivity index (χ0v) is 17.6. The summed E-state index contributed by atoms with van der Waals surface area (Å²) in [6.45, 7) is -0.328. The standard InChI is InChI=1S/C19H17F3N4O6S/c20-19(21,22)15-10-13(26(28)29)6-7-16(15)32-11-18(27)24-12-3-1-4-14(9-12)33(30,31)25-17-5-2-8-23-17/h1,3-4,6-7,9-10H,2,5,8,11H2,(H,23,25)(H,24,27). The maximum absolute atomic E-state index is 13.2. The van der Waals surface area contributed by atoms with E-state index in [1.54, 1.807) is 0 Å². The van der Waals surface area contributed by atoms with Crippen molar-refractivity contribution in [3.8, 4) is 5.75 Å². The van der Waals surface area contributed by atoms with Gasteiger partial charge in [0.15, 0.2) is 6.61 Å². The van der Waals surface area contributed by atoms with Gasteiger partial charge in [-0.25, -0.2) is 8.42 Å². The fraction of sp³-hybridized carbons (Fsp3) is 0.263. The fourth-order valence-electron chi connectivity index (χ4n) is 2.90. The molecule has 14 heteroatoms. The minimum Gasteiger partial charge on any atom is -0.483 e. The first-order valence-electron chi connectivity index (χ1n) is 9.40. The number of carbonyl (C=O) groups excluding carboxylic acids is 1. The van der Waals surface area contributed by atoms with E-state index >= 15 is 0 Å². The lowest BCUT2D eigenvalue weighted by molar-refractivity contribution is -0.385. The van der Waals surface area contributed by atoms with Gasteiger partial charge < -0.3 is 10.1 Å². The number of sulfonamides is 1. The largest absolute Gasteiger partial charge is 0.483 e. The van der Waals surface area contributed by atoms with Crippen LogP contribution in [0.1, 0.15) is 18.4 Å². The number of nitro benzene ring substituents is 1. The number of non-ortho nitro benzene ring substituents is 1. The van der Waals surface area contributed by atoms with Gasteiger partial charge in [0.1, 0.15) is 17.1 Å². The van der Waals surface area contributed by atoms with Gasteiger partial charge in [-0.1, -0.05) is 6.07 Å². The minimum atomic E-state index is -4.95. The first kappa shape index (κ1) is 24.0. The van der Waals surface area contributed by atoms with Gasteiger partial charge in [0.2, 0.25) is 0 Å². The molecule has 1 amide bonds. The average molecular weight is 486 g/mol. The van der Waals surface area contributed by atoms with Crippen LogP contribution in [0.2, 0.25) is 0 Å². The number of ether oxygens (including phenoxy) is 1. The van der Waals surface area contributed by atoms with E-state index in [1.807, 2.05) is 0 Å². The molecule has 1 aliphatic heterocycles. The van der Waals surface area contributed by atoms with Crippen molar-refractivity contribution in [1.82, 2.24) is 4.72 Å². The highest BCUT2D eigenvalue weighted by Gasteiger charge is 2.36. The Morgan fingerprint density at radius 1 is 1.21 bits per heavy atom. The van der Waals surface area contributed by atoms with Crippen molar-refractivity contribution in [2.75, 3.05) is 18.5 Å². The van der Waals surface area contributed by atoms with Crippen molar-refractivity contribution in [3.05, 3.63) is 58.1 Å². The highest BCUT2D eigenvalue weighted by molar-refractivity contribution is 7.90. The first-order valence-corrected chi connectivity index (χ1v) is 10.9. The van der Waals surface area contributed by atoms with Crippen LogP contribution in [-0.4, -0.2) is 38.2 Å². The predicted octanol–water partition coefficient (Wildman–Crippen LogP) is 3.10. The smallest absolute Gasteiger partial charge is 0.420 e. The van der Waals surface area contributed by atoms with E-state index in [9.17, 15) is 36.5 Å². The van der Waals surface area contributed by atoms with Crippen LogP contribution in [0.5, 0.6) is 5.75 Å². The number of nitro groups is 1. The van der Waals surface area contributed by atoms with Gasteiger partial charge in [-0.15, -0.1) is 0 Å². The lowest BCUT2D eigenvalue weighted by Gasteiger charge is -2.14. The summed E-state index contributed by atoms with van der Waals surface area (Å²) in [5.74, 6) is -1.30. The molecule has 1 heterocycles. The number of aliphatic imine (C=N–C) groups is 1. The van der Waals surface area contributed by atoms with Crippen molar-refractivity contribution in [1.29, 1.82) is 0 Å². The Morgan fingerprint density at radius 3 is 2.61 bits per heavy atom. The highest BCUT2D eigenvalue weighted by Crippen LogP contribution is 2.38. The number of rotatable bonds is 7. The normalized spacial score (nSPS) is 13.8. The Kier molecular flexibility index (Phi) is 6.86. The van der Waals surface area contributed by atoms with Crippen LogP contribution in [0.25, 0.3) is 0 Å². The Bertz CT molecular complexity index is 1210. The summed E-state index contributed by atoms with van der Waals surface area (Å²) in [5.41, 5.74) is -2.12. The maximum atomic E-state index is 13.2. The van der Waals surface area contributed by atoms with Gasteiger partial charge >= 0.3 is 6.18 Å². The van der Waals surface area contributed by atoms with Crippen LogP contribution in [0, 0.1) is 10.1 Å². The Morgan fingerprint density at radius 2 is 1.97 bits per heavy atom. The minimum absolute atomic E-state index is 0.0691. The molecule has 0 saturated heterocycles. The molecule has 0 radical (unpaired) electrons. The molecule has 0 fully saturated rings. The Hall–Kier alpha value is -3.68. The third-order valence-electron chi connectivity index (χ3n) is 4.39. The van der Waals surface area contributed by atoms with Gasteiger partial charge in [0, 0.05) is 30.8 Å². The summed E-state index contributed by atoms with van der Waals surface area (Å²) >= 11 is 0. The van der Waals surface area contributed by atoms with Crippen molar-refractivity contribution >= 4 is 33.1 Å². The average Bonchev–Trinajstić information content (AvgIpc) is 3.24. The van der Waals surface area contributed by atoms with Crippen LogP contribution in [0.3, 0.4) is 0 Å². The molecule has 0 aromatic heterocycles. The number of hydrogen-bond acceptors (Lipinski definition) is 7. The van der Waals surface area contributed by atoms with E-state index < -0.39 is 50.6 Å². The zero-order chi connectivity index (χ0) is 24.2.